The van der Waals surface area contributed by atoms with Gasteiger partial charge in [0.15, 0.2) is 11.5 Å². The van der Waals surface area contributed by atoms with Crippen LogP contribution >= 0.6 is 0 Å². The van der Waals surface area contributed by atoms with Crippen molar-refractivity contribution in [3.05, 3.63) is 77.5 Å². The van der Waals surface area contributed by atoms with Gasteiger partial charge < -0.3 is 15.1 Å². The summed E-state index contributed by atoms with van der Waals surface area (Å²) in [5, 5.41) is 19.0. The van der Waals surface area contributed by atoms with Crippen LogP contribution in [0.3, 0.4) is 0 Å². The van der Waals surface area contributed by atoms with Crippen LogP contribution < -0.4 is 10.6 Å². The Hall–Kier alpha value is -3.68. The lowest BCUT2D eigenvalue weighted by atomic mass is 10.1. The molecule has 3 heterocycles. The number of fused-ring (bicyclic) bond motifs is 1. The van der Waals surface area contributed by atoms with Crippen molar-refractivity contribution in [2.45, 2.75) is 19.9 Å². The zero-order valence-electron chi connectivity index (χ0n) is 15.4. The smallest absolute Gasteiger partial charge is 0.251 e. The summed E-state index contributed by atoms with van der Waals surface area (Å²) in [7, 11) is 0. The molecule has 4 rings (SSSR count). The fourth-order valence-corrected chi connectivity index (χ4v) is 2.85. The normalized spacial score (nSPS) is 10.9. The van der Waals surface area contributed by atoms with Gasteiger partial charge in [-0.3, -0.25) is 4.79 Å². The van der Waals surface area contributed by atoms with Gasteiger partial charge in [0.1, 0.15) is 11.6 Å². The number of aromatic nitrogens is 4. The maximum absolute atomic E-state index is 12.3. The summed E-state index contributed by atoms with van der Waals surface area (Å²) in [6, 6.07) is 14.9. The summed E-state index contributed by atoms with van der Waals surface area (Å²) in [5.74, 6) is 2.09. The van der Waals surface area contributed by atoms with Crippen LogP contribution in [0.1, 0.15) is 27.5 Å². The second-order valence-corrected chi connectivity index (χ2v) is 6.41. The molecule has 3 aromatic heterocycles. The molecule has 0 saturated heterocycles. The average molecular weight is 376 g/mol. The van der Waals surface area contributed by atoms with E-state index >= 15 is 0 Å². The van der Waals surface area contributed by atoms with Crippen molar-refractivity contribution in [3.8, 4) is 0 Å². The SMILES string of the molecule is Cc1cccc(C(=O)NCCc2nnc3ccc(NCc4ccco4)nn23)c1. The molecule has 0 aliphatic heterocycles. The number of hydrogen-bond donors (Lipinski definition) is 2. The van der Waals surface area contributed by atoms with Crippen molar-refractivity contribution in [2.75, 3.05) is 11.9 Å². The Morgan fingerprint density at radius 1 is 1.14 bits per heavy atom. The van der Waals surface area contributed by atoms with Gasteiger partial charge in [-0.1, -0.05) is 17.7 Å². The Morgan fingerprint density at radius 2 is 2.07 bits per heavy atom. The van der Waals surface area contributed by atoms with Gasteiger partial charge in [0.25, 0.3) is 5.91 Å². The van der Waals surface area contributed by atoms with Crippen molar-refractivity contribution >= 4 is 17.4 Å². The quantitative estimate of drug-likeness (QED) is 0.515. The molecule has 0 fully saturated rings. The van der Waals surface area contributed by atoms with E-state index in [1.165, 1.54) is 0 Å². The largest absolute Gasteiger partial charge is 0.467 e. The molecule has 28 heavy (non-hydrogen) atoms. The number of hydrogen-bond acceptors (Lipinski definition) is 6. The Bertz CT molecular complexity index is 1090. The lowest BCUT2D eigenvalue weighted by molar-refractivity contribution is 0.0954. The molecule has 8 nitrogen and oxygen atoms in total. The second-order valence-electron chi connectivity index (χ2n) is 6.41. The highest BCUT2D eigenvalue weighted by Gasteiger charge is 2.10. The summed E-state index contributed by atoms with van der Waals surface area (Å²) in [6.07, 6.45) is 2.16. The molecule has 0 aliphatic rings. The van der Waals surface area contributed by atoms with Crippen LogP contribution in [0.2, 0.25) is 0 Å². The molecule has 2 N–H and O–H groups in total. The first-order valence-electron chi connectivity index (χ1n) is 9.01. The standard InChI is InChI=1S/C20H20N6O2/c1-14-4-2-5-15(12-14)20(27)21-10-9-19-24-23-18-8-7-17(25-26(18)19)22-13-16-6-3-11-28-16/h2-8,11-12H,9-10,13H2,1H3,(H,21,27)(H,22,25). The lowest BCUT2D eigenvalue weighted by Gasteiger charge is -2.06. The van der Waals surface area contributed by atoms with E-state index in [0.717, 1.165) is 11.3 Å². The maximum Gasteiger partial charge on any atom is 0.251 e. The van der Waals surface area contributed by atoms with Crippen molar-refractivity contribution in [2.24, 2.45) is 0 Å². The van der Waals surface area contributed by atoms with Crippen molar-refractivity contribution < 1.29 is 9.21 Å². The number of nitrogens with zero attached hydrogens (tertiary/aromatic N) is 4. The number of carbonyl (C=O) groups is 1. The minimum Gasteiger partial charge on any atom is -0.467 e. The van der Waals surface area contributed by atoms with E-state index in [4.69, 9.17) is 4.42 Å². The second kappa shape index (κ2) is 7.91. The summed E-state index contributed by atoms with van der Waals surface area (Å²) in [6.45, 7) is 2.94. The van der Waals surface area contributed by atoms with Gasteiger partial charge >= 0.3 is 0 Å². The molecule has 0 saturated carbocycles. The summed E-state index contributed by atoms with van der Waals surface area (Å²) >= 11 is 0. The van der Waals surface area contributed by atoms with Crippen molar-refractivity contribution in [3.63, 3.8) is 0 Å². The lowest BCUT2D eigenvalue weighted by Crippen LogP contribution is -2.26. The molecule has 0 radical (unpaired) electrons. The van der Waals surface area contributed by atoms with Crippen LogP contribution in [-0.2, 0) is 13.0 Å². The van der Waals surface area contributed by atoms with Crippen LogP contribution in [0, 0.1) is 6.92 Å². The molecule has 0 aliphatic carbocycles. The first kappa shape index (κ1) is 17.7. The highest BCUT2D eigenvalue weighted by molar-refractivity contribution is 5.94. The number of anilines is 1. The summed E-state index contributed by atoms with van der Waals surface area (Å²) < 4.78 is 6.99. The van der Waals surface area contributed by atoms with Crippen molar-refractivity contribution in [1.29, 1.82) is 0 Å². The average Bonchev–Trinajstić information content (AvgIpc) is 3.36. The third kappa shape index (κ3) is 4.01. The van der Waals surface area contributed by atoms with E-state index < -0.39 is 0 Å². The molecule has 0 spiro atoms. The Balaban J connectivity index is 1.39. The van der Waals surface area contributed by atoms with E-state index in [1.807, 2.05) is 49.4 Å². The van der Waals surface area contributed by atoms with Crippen molar-refractivity contribution in [1.82, 2.24) is 25.1 Å². The van der Waals surface area contributed by atoms with Gasteiger partial charge in [0, 0.05) is 18.5 Å². The van der Waals surface area contributed by atoms with E-state index in [1.54, 1.807) is 16.8 Å². The molecule has 0 atom stereocenters. The number of carbonyl (C=O) groups excluding carboxylic acids is 1. The fourth-order valence-electron chi connectivity index (χ4n) is 2.85. The van der Waals surface area contributed by atoms with Crippen LogP contribution in [0.15, 0.2) is 59.2 Å². The highest BCUT2D eigenvalue weighted by atomic mass is 16.3. The number of aryl methyl sites for hydroxylation is 1. The monoisotopic (exact) mass is 376 g/mol. The number of benzene rings is 1. The minimum atomic E-state index is -0.105. The summed E-state index contributed by atoms with van der Waals surface area (Å²) in [4.78, 5) is 12.3. The third-order valence-corrected chi connectivity index (χ3v) is 4.27. The third-order valence-electron chi connectivity index (χ3n) is 4.27. The molecule has 4 aromatic rings. The number of rotatable bonds is 7. The molecule has 142 valence electrons. The zero-order valence-corrected chi connectivity index (χ0v) is 15.4. The summed E-state index contributed by atoms with van der Waals surface area (Å²) in [5.41, 5.74) is 2.35. The predicted octanol–water partition coefficient (Wildman–Crippen LogP) is 2.61. The number of nitrogens with one attached hydrogen (secondary N) is 2. The van der Waals surface area contributed by atoms with E-state index in [9.17, 15) is 4.79 Å². The number of furan rings is 1. The van der Waals surface area contributed by atoms with Crippen LogP contribution in [0.5, 0.6) is 0 Å². The van der Waals surface area contributed by atoms with Gasteiger partial charge in [-0.25, -0.2) is 0 Å². The molecule has 1 amide bonds. The molecule has 0 unspecified atom stereocenters. The van der Waals surface area contributed by atoms with Crippen LogP contribution in [0.25, 0.3) is 5.65 Å². The van der Waals surface area contributed by atoms with E-state index in [-0.39, 0.29) is 5.91 Å². The fraction of sp³-hybridized carbons (Fsp3) is 0.200. The van der Waals surface area contributed by atoms with Gasteiger partial charge in [-0.2, -0.15) is 4.52 Å². The van der Waals surface area contributed by atoms with Gasteiger partial charge in [-0.15, -0.1) is 15.3 Å². The zero-order chi connectivity index (χ0) is 19.3. The maximum atomic E-state index is 12.3. The van der Waals surface area contributed by atoms with Gasteiger partial charge in [-0.05, 0) is 43.3 Å². The first-order chi connectivity index (χ1) is 13.7. The molecule has 8 heteroatoms. The predicted molar refractivity (Wildman–Crippen MR) is 104 cm³/mol. The molecule has 0 bridgehead atoms. The van der Waals surface area contributed by atoms with E-state index in [0.29, 0.717) is 42.4 Å². The van der Waals surface area contributed by atoms with Crippen LogP contribution in [0.4, 0.5) is 5.82 Å². The molecule has 1 aromatic carbocycles. The minimum absolute atomic E-state index is 0.105. The van der Waals surface area contributed by atoms with E-state index in [2.05, 4.69) is 25.9 Å². The Labute approximate surface area is 161 Å². The molecular formula is C20H20N6O2. The Morgan fingerprint density at radius 3 is 2.89 bits per heavy atom. The first-order valence-corrected chi connectivity index (χ1v) is 9.01. The topological polar surface area (TPSA) is 97.3 Å². The van der Waals surface area contributed by atoms with Crippen LogP contribution in [-0.4, -0.2) is 32.3 Å². The van der Waals surface area contributed by atoms with Gasteiger partial charge in [0.05, 0.1) is 12.8 Å². The Kier molecular flexibility index (Phi) is 5.01. The highest BCUT2D eigenvalue weighted by Crippen LogP contribution is 2.10. The molecular weight excluding hydrogens is 356 g/mol. The van der Waals surface area contributed by atoms with Gasteiger partial charge in [0.2, 0.25) is 0 Å². The number of amides is 1.